The van der Waals surface area contributed by atoms with Crippen LogP contribution in [-0.4, -0.2) is 40.6 Å². The van der Waals surface area contributed by atoms with Gasteiger partial charge in [0.25, 0.3) is 0 Å². The highest BCUT2D eigenvalue weighted by atomic mass is 32.2. The Morgan fingerprint density at radius 3 is 2.60 bits per heavy atom. The van der Waals surface area contributed by atoms with Crippen molar-refractivity contribution in [1.82, 2.24) is 5.32 Å². The number of aliphatic hydroxyl groups is 1. The van der Waals surface area contributed by atoms with Crippen molar-refractivity contribution in [2.75, 3.05) is 18.1 Å². The van der Waals surface area contributed by atoms with Crippen LogP contribution >= 0.6 is 11.8 Å². The van der Waals surface area contributed by atoms with Crippen molar-refractivity contribution in [1.29, 1.82) is 0 Å². The zero-order chi connectivity index (χ0) is 15.0. The van der Waals surface area contributed by atoms with Crippen molar-refractivity contribution in [2.24, 2.45) is 11.7 Å². The van der Waals surface area contributed by atoms with E-state index >= 15 is 0 Å². The molecule has 1 aliphatic carbocycles. The van der Waals surface area contributed by atoms with Gasteiger partial charge < -0.3 is 16.2 Å². The van der Waals surface area contributed by atoms with Gasteiger partial charge in [-0.05, 0) is 31.6 Å². The molecule has 1 aliphatic rings. The lowest BCUT2D eigenvalue weighted by molar-refractivity contribution is -0.122. The van der Waals surface area contributed by atoms with E-state index < -0.39 is 5.60 Å². The number of rotatable bonds is 8. The molecule has 2 amide bonds. The van der Waals surface area contributed by atoms with Crippen LogP contribution in [0, 0.1) is 5.92 Å². The van der Waals surface area contributed by atoms with Crippen LogP contribution in [0.5, 0.6) is 0 Å². The average molecular weight is 302 g/mol. The van der Waals surface area contributed by atoms with Gasteiger partial charge >= 0.3 is 0 Å². The Morgan fingerprint density at radius 2 is 2.05 bits per heavy atom. The predicted molar refractivity (Wildman–Crippen MR) is 81.3 cm³/mol. The molecular formula is C14H26N2O3S. The summed E-state index contributed by atoms with van der Waals surface area (Å²) in [6, 6.07) is 0. The van der Waals surface area contributed by atoms with Crippen LogP contribution in [0.25, 0.3) is 0 Å². The summed E-state index contributed by atoms with van der Waals surface area (Å²) in [5.74, 6) is 1.10. The fourth-order valence-electron chi connectivity index (χ4n) is 2.49. The van der Waals surface area contributed by atoms with Gasteiger partial charge in [0.1, 0.15) is 0 Å². The summed E-state index contributed by atoms with van der Waals surface area (Å²) in [4.78, 5) is 22.2. The molecule has 0 aromatic heterocycles. The van der Waals surface area contributed by atoms with Gasteiger partial charge in [-0.25, -0.2) is 0 Å². The molecule has 0 unspecified atom stereocenters. The number of carbonyl (C=O) groups is 2. The smallest absolute Gasteiger partial charge is 0.227 e. The molecule has 0 radical (unpaired) electrons. The van der Waals surface area contributed by atoms with E-state index in [9.17, 15) is 14.7 Å². The fourth-order valence-corrected chi connectivity index (χ4v) is 3.16. The minimum atomic E-state index is -0.734. The quantitative estimate of drug-likeness (QED) is 0.584. The van der Waals surface area contributed by atoms with Gasteiger partial charge in [0.05, 0.1) is 11.4 Å². The largest absolute Gasteiger partial charge is 0.388 e. The van der Waals surface area contributed by atoms with Gasteiger partial charge in [-0.3, -0.25) is 9.59 Å². The molecule has 5 nitrogen and oxygen atoms in total. The summed E-state index contributed by atoms with van der Waals surface area (Å²) >= 11 is 1.36. The third kappa shape index (κ3) is 6.61. The zero-order valence-corrected chi connectivity index (χ0v) is 13.0. The van der Waals surface area contributed by atoms with Gasteiger partial charge in [-0.15, -0.1) is 0 Å². The maximum atomic E-state index is 11.6. The van der Waals surface area contributed by atoms with Crippen LogP contribution in [0.4, 0.5) is 0 Å². The molecule has 0 atom stereocenters. The first-order chi connectivity index (χ1) is 9.45. The molecule has 0 aliphatic heterocycles. The molecule has 1 rings (SSSR count). The Bertz CT molecular complexity index is 328. The highest BCUT2D eigenvalue weighted by Crippen LogP contribution is 2.33. The molecule has 0 spiro atoms. The molecule has 1 saturated carbocycles. The number of hydrogen-bond acceptors (Lipinski definition) is 4. The zero-order valence-electron chi connectivity index (χ0n) is 12.2. The summed E-state index contributed by atoms with van der Waals surface area (Å²) in [5, 5.41) is 13.2. The van der Waals surface area contributed by atoms with Gasteiger partial charge in [-0.1, -0.05) is 13.3 Å². The van der Waals surface area contributed by atoms with Gasteiger partial charge in [0.15, 0.2) is 0 Å². The van der Waals surface area contributed by atoms with E-state index in [0.29, 0.717) is 18.7 Å². The summed E-state index contributed by atoms with van der Waals surface area (Å²) in [5.41, 5.74) is 4.28. The van der Waals surface area contributed by atoms with Crippen molar-refractivity contribution in [3.63, 3.8) is 0 Å². The number of primary amides is 1. The molecule has 0 aromatic rings. The molecule has 0 aromatic carbocycles. The molecule has 0 heterocycles. The van der Waals surface area contributed by atoms with Crippen LogP contribution in [0.15, 0.2) is 0 Å². The molecule has 4 N–H and O–H groups in total. The van der Waals surface area contributed by atoms with Gasteiger partial charge in [0.2, 0.25) is 11.8 Å². The molecular weight excluding hydrogens is 276 g/mol. The Labute approximate surface area is 125 Å². The maximum Gasteiger partial charge on any atom is 0.227 e. The lowest BCUT2D eigenvalue weighted by Crippen LogP contribution is -2.45. The highest BCUT2D eigenvalue weighted by Gasteiger charge is 2.32. The Morgan fingerprint density at radius 1 is 1.40 bits per heavy atom. The third-order valence-corrected chi connectivity index (χ3v) is 4.93. The highest BCUT2D eigenvalue weighted by molar-refractivity contribution is 7.99. The van der Waals surface area contributed by atoms with Gasteiger partial charge in [-0.2, -0.15) is 11.8 Å². The molecule has 0 saturated heterocycles. The first-order valence-corrected chi connectivity index (χ1v) is 8.46. The fraction of sp³-hybridized carbons (Fsp3) is 0.857. The van der Waals surface area contributed by atoms with Crippen molar-refractivity contribution in [3.05, 3.63) is 0 Å². The number of hydrogen-bond donors (Lipinski definition) is 3. The number of carbonyl (C=O) groups excluding carboxylic acids is 2. The van der Waals surface area contributed by atoms with E-state index in [4.69, 9.17) is 5.73 Å². The minimum Gasteiger partial charge on any atom is -0.388 e. The lowest BCUT2D eigenvalue weighted by atomic mass is 9.78. The second-order valence-electron chi connectivity index (χ2n) is 5.62. The number of nitrogens with two attached hydrogens (primary N) is 1. The molecule has 0 bridgehead atoms. The average Bonchev–Trinajstić information content (AvgIpc) is 2.42. The lowest BCUT2D eigenvalue weighted by Gasteiger charge is -2.35. The van der Waals surface area contributed by atoms with Crippen molar-refractivity contribution >= 4 is 23.6 Å². The van der Waals surface area contributed by atoms with Crippen molar-refractivity contribution in [3.8, 4) is 0 Å². The van der Waals surface area contributed by atoms with Crippen LogP contribution in [0.2, 0.25) is 0 Å². The maximum absolute atomic E-state index is 11.6. The first-order valence-electron chi connectivity index (χ1n) is 7.30. The Kier molecular flexibility index (Phi) is 7.37. The van der Waals surface area contributed by atoms with Gasteiger partial charge in [0, 0.05) is 18.7 Å². The van der Waals surface area contributed by atoms with Crippen molar-refractivity contribution < 1.29 is 14.7 Å². The second kappa shape index (κ2) is 8.52. The van der Waals surface area contributed by atoms with E-state index in [1.807, 2.05) is 0 Å². The summed E-state index contributed by atoms with van der Waals surface area (Å²) in [6.45, 7) is 2.52. The second-order valence-corrected chi connectivity index (χ2v) is 6.73. The van der Waals surface area contributed by atoms with Crippen LogP contribution in [-0.2, 0) is 9.59 Å². The van der Waals surface area contributed by atoms with E-state index in [-0.39, 0.29) is 17.6 Å². The molecule has 1 fully saturated rings. The van der Waals surface area contributed by atoms with E-state index in [2.05, 4.69) is 12.2 Å². The summed E-state index contributed by atoms with van der Waals surface area (Å²) in [6.07, 6.45) is 5.13. The number of amides is 2. The topological polar surface area (TPSA) is 92.4 Å². The van der Waals surface area contributed by atoms with Crippen LogP contribution in [0.3, 0.4) is 0 Å². The SMILES string of the molecule is CCC1CCC(O)(CNC(=O)CCSCC(N)=O)CC1. The monoisotopic (exact) mass is 302 g/mol. The predicted octanol–water partition coefficient (Wildman–Crippen LogP) is 1.04. The number of nitrogens with one attached hydrogen (secondary N) is 1. The number of thioether (sulfide) groups is 1. The first kappa shape index (κ1) is 17.3. The molecule has 6 heteroatoms. The summed E-state index contributed by atoms with van der Waals surface area (Å²) in [7, 11) is 0. The Hall–Kier alpha value is -0.750. The minimum absolute atomic E-state index is 0.0759. The van der Waals surface area contributed by atoms with E-state index in [1.54, 1.807) is 0 Å². The third-order valence-electron chi connectivity index (χ3n) is 3.95. The normalized spacial score (nSPS) is 26.2. The van der Waals surface area contributed by atoms with Crippen LogP contribution in [0.1, 0.15) is 45.4 Å². The van der Waals surface area contributed by atoms with E-state index in [0.717, 1.165) is 31.6 Å². The Balaban J connectivity index is 2.15. The molecule has 116 valence electrons. The van der Waals surface area contributed by atoms with E-state index in [1.165, 1.54) is 18.2 Å². The molecule has 20 heavy (non-hydrogen) atoms. The van der Waals surface area contributed by atoms with Crippen molar-refractivity contribution in [2.45, 2.75) is 51.0 Å². The summed E-state index contributed by atoms with van der Waals surface area (Å²) < 4.78 is 0. The van der Waals surface area contributed by atoms with Crippen LogP contribution < -0.4 is 11.1 Å². The standard InChI is InChI=1S/C14H26N2O3S/c1-2-11-3-6-14(19,7-4-11)10-16-13(18)5-8-20-9-12(15)17/h11,19H,2-10H2,1H3,(H2,15,17)(H,16,18).